The Morgan fingerprint density at radius 1 is 0.762 bits per heavy atom. The van der Waals surface area contributed by atoms with Crippen LogP contribution in [0.25, 0.3) is 0 Å². The summed E-state index contributed by atoms with van der Waals surface area (Å²) in [4.78, 5) is 43.4. The Balaban J connectivity index is -0.000000270. The molecule has 0 unspecified atom stereocenters. The van der Waals surface area contributed by atoms with Crippen molar-refractivity contribution in [2.24, 2.45) is 0 Å². The van der Waals surface area contributed by atoms with Crippen molar-refractivity contribution in [2.75, 3.05) is 39.5 Å². The molecule has 120 valence electrons. The smallest absolute Gasteiger partial charge is 1.00 e. The Labute approximate surface area is 148 Å². The van der Waals surface area contributed by atoms with E-state index in [1.807, 2.05) is 0 Å². The number of nitrogens with zero attached hydrogens (tertiary/aromatic N) is 4. The van der Waals surface area contributed by atoms with Crippen molar-refractivity contribution in [2.45, 2.75) is 0 Å². The van der Waals surface area contributed by atoms with E-state index >= 15 is 0 Å². The summed E-state index contributed by atoms with van der Waals surface area (Å²) in [6.07, 6.45) is 0. The van der Waals surface area contributed by atoms with Gasteiger partial charge in [0.2, 0.25) is 0 Å². The predicted octanol–water partition coefficient (Wildman–Crippen LogP) is -2.43. The normalized spacial score (nSPS) is 9.00. The minimum atomic E-state index is -0.987. The van der Waals surface area contributed by atoms with Crippen LogP contribution in [0.1, 0.15) is 2.85 Å². The third-order valence-corrected chi connectivity index (χ3v) is 1.81. The molecule has 0 N–H and O–H groups in total. The number of hydrogen-bond donors (Lipinski definition) is 0. The summed E-state index contributed by atoms with van der Waals surface area (Å²) in [5, 5.41) is 26.8. The second-order valence-corrected chi connectivity index (χ2v) is 3.01. The Morgan fingerprint density at radius 3 is 1.19 bits per heavy atom. The van der Waals surface area contributed by atoms with Gasteiger partial charge in [0.05, 0.1) is 0 Å². The first kappa shape index (κ1) is 24.8. The maximum absolute atomic E-state index is 9.92. The monoisotopic (exact) mass is 340 g/mol. The molecule has 0 aliphatic rings. The average molecular weight is 341 g/mol. The Kier molecular flexibility index (Phi) is 18.0. The number of hydrogen-bond acceptors (Lipinski definition) is 10. The zero-order valence-electron chi connectivity index (χ0n) is 12.4. The Morgan fingerprint density at radius 2 is 1.00 bits per heavy atom. The van der Waals surface area contributed by atoms with Gasteiger partial charge >= 0.3 is 23.1 Å². The molecule has 0 aliphatic heterocycles. The molecule has 0 atom stereocenters. The van der Waals surface area contributed by atoms with Gasteiger partial charge in [0.15, 0.2) is 17.4 Å². The molecule has 0 fully saturated rings. The van der Waals surface area contributed by atoms with Gasteiger partial charge in [0, 0.05) is 19.6 Å². The second kappa shape index (κ2) is 15.3. The molecule has 0 amide bonds. The molecule has 0 saturated carbocycles. The molecule has 0 aromatic rings. The first-order valence-electron chi connectivity index (χ1n) is 4.96. The Bertz CT molecular complexity index is 285. The van der Waals surface area contributed by atoms with Crippen LogP contribution in [-0.4, -0.2) is 100 Å². The van der Waals surface area contributed by atoms with Crippen molar-refractivity contribution in [1.29, 1.82) is 0 Å². The van der Waals surface area contributed by atoms with Gasteiger partial charge in [0.1, 0.15) is 19.8 Å². The molecule has 0 heterocycles. The maximum Gasteiger partial charge on any atom is 2.00 e. The van der Waals surface area contributed by atoms with Crippen molar-refractivity contribution in [1.82, 2.24) is 4.90 Å². The SMILES string of the molecule is O=[N+]([O-])OCCN(CCO[N+](=O)[O-])CCO[N+](=O)[O-].[AlH3].[H-].[H-].[Mg+2]. The van der Waals surface area contributed by atoms with Crippen LogP contribution in [0.2, 0.25) is 0 Å². The summed E-state index contributed by atoms with van der Waals surface area (Å²) in [7, 11) is 0. The molecule has 0 aliphatic carbocycles. The van der Waals surface area contributed by atoms with E-state index in [1.54, 1.807) is 0 Å². The summed E-state index contributed by atoms with van der Waals surface area (Å²) in [5.74, 6) is 0. The third kappa shape index (κ3) is 18.9. The summed E-state index contributed by atoms with van der Waals surface area (Å²) in [6, 6.07) is 0. The molecule has 0 rings (SSSR count). The van der Waals surface area contributed by atoms with Crippen LogP contribution < -0.4 is 0 Å². The first-order chi connectivity index (χ1) is 8.91. The molecule has 0 bridgehead atoms. The predicted molar refractivity (Wildman–Crippen MR) is 73.2 cm³/mol. The molecule has 0 aromatic heterocycles. The van der Waals surface area contributed by atoms with Crippen molar-refractivity contribution in [3.8, 4) is 0 Å². The van der Waals surface area contributed by atoms with Crippen LogP contribution in [0.4, 0.5) is 0 Å². The van der Waals surface area contributed by atoms with Gasteiger partial charge in [-0.25, -0.2) is 0 Å². The molecular formula is C6H17AlMgN4O9. The van der Waals surface area contributed by atoms with Crippen molar-refractivity contribution in [3.05, 3.63) is 30.3 Å². The fourth-order valence-electron chi connectivity index (χ4n) is 1.07. The standard InChI is InChI=1S/C6H12N4O9.Al.Mg.5H/c11-8(12)17-4-1-7(2-5-18-9(13)14)3-6-19-10(15)16;;;;;;;/h1-6H2;;;;;;;/q;;+2;;;;2*-1. The summed E-state index contributed by atoms with van der Waals surface area (Å²) < 4.78 is 0. The average Bonchev–Trinajstić information content (AvgIpc) is 2.26. The molecule has 13 nitrogen and oxygen atoms in total. The Hall–Kier alpha value is -1.14. The van der Waals surface area contributed by atoms with Gasteiger partial charge in [-0.2, -0.15) is 0 Å². The zero-order valence-corrected chi connectivity index (χ0v) is 11.8. The fourth-order valence-corrected chi connectivity index (χ4v) is 1.07. The minimum Gasteiger partial charge on any atom is -1.00 e. The van der Waals surface area contributed by atoms with E-state index < -0.39 is 15.3 Å². The third-order valence-electron chi connectivity index (χ3n) is 1.81. The first-order valence-corrected chi connectivity index (χ1v) is 4.96. The molecule has 0 radical (unpaired) electrons. The van der Waals surface area contributed by atoms with Gasteiger partial charge in [-0.15, -0.1) is 30.3 Å². The van der Waals surface area contributed by atoms with E-state index in [9.17, 15) is 30.3 Å². The van der Waals surface area contributed by atoms with Crippen LogP contribution in [0, 0.1) is 30.3 Å². The van der Waals surface area contributed by atoms with Crippen molar-refractivity contribution < 1.29 is 32.6 Å². The second-order valence-electron chi connectivity index (χ2n) is 3.01. The van der Waals surface area contributed by atoms with E-state index in [-0.39, 0.29) is 82.7 Å². The minimum absolute atomic E-state index is 0. The van der Waals surface area contributed by atoms with Gasteiger partial charge in [0.25, 0.3) is 15.3 Å². The van der Waals surface area contributed by atoms with Gasteiger partial charge in [-0.05, 0) is 0 Å². The van der Waals surface area contributed by atoms with Crippen LogP contribution in [0.3, 0.4) is 0 Å². The topological polar surface area (TPSA) is 160 Å². The summed E-state index contributed by atoms with van der Waals surface area (Å²) >= 11 is 0. The molecular weight excluding hydrogens is 323 g/mol. The van der Waals surface area contributed by atoms with Crippen LogP contribution in [0.5, 0.6) is 0 Å². The van der Waals surface area contributed by atoms with E-state index in [2.05, 4.69) is 14.5 Å². The van der Waals surface area contributed by atoms with Gasteiger partial charge in [-0.1, -0.05) is 0 Å². The van der Waals surface area contributed by atoms with Crippen LogP contribution >= 0.6 is 0 Å². The van der Waals surface area contributed by atoms with Crippen LogP contribution in [0.15, 0.2) is 0 Å². The van der Waals surface area contributed by atoms with E-state index in [1.165, 1.54) is 4.90 Å². The van der Waals surface area contributed by atoms with Crippen molar-refractivity contribution >= 4 is 40.4 Å². The summed E-state index contributed by atoms with van der Waals surface area (Å²) in [5.41, 5.74) is 0. The quantitative estimate of drug-likeness (QED) is 0.212. The molecule has 0 saturated heterocycles. The fraction of sp³-hybridized carbons (Fsp3) is 1.00. The van der Waals surface area contributed by atoms with E-state index in [0.29, 0.717) is 0 Å². The number of rotatable bonds is 12. The van der Waals surface area contributed by atoms with Gasteiger partial charge in [-0.3, -0.25) is 4.90 Å². The van der Waals surface area contributed by atoms with Crippen molar-refractivity contribution in [3.63, 3.8) is 0 Å². The van der Waals surface area contributed by atoms with Gasteiger partial charge < -0.3 is 17.4 Å². The largest absolute Gasteiger partial charge is 2.00 e. The zero-order chi connectivity index (χ0) is 14.7. The molecule has 21 heavy (non-hydrogen) atoms. The molecule has 15 heteroatoms. The van der Waals surface area contributed by atoms with E-state index in [0.717, 1.165) is 0 Å². The summed E-state index contributed by atoms with van der Waals surface area (Å²) in [6.45, 7) is -0.687. The molecule has 0 spiro atoms. The maximum atomic E-state index is 9.92. The van der Waals surface area contributed by atoms with Crippen LogP contribution in [-0.2, 0) is 14.5 Å². The van der Waals surface area contributed by atoms with E-state index in [4.69, 9.17) is 0 Å². The molecule has 0 aromatic carbocycles.